The Morgan fingerprint density at radius 2 is 1.67 bits per heavy atom. The van der Waals surface area contributed by atoms with Crippen LogP contribution in [0.1, 0.15) is 26.9 Å². The number of nitrogens with two attached hydrogens (primary N) is 1. The maximum Gasteiger partial charge on any atom is 0.338 e. The number of nitrogens with zero attached hydrogens (tertiary/aromatic N) is 4. The molecule has 0 spiro atoms. The van der Waals surface area contributed by atoms with E-state index in [0.717, 1.165) is 0 Å². The molecule has 0 aliphatic carbocycles. The van der Waals surface area contributed by atoms with Crippen LogP contribution in [0.25, 0.3) is 11.2 Å². The number of aromatic nitrogens is 4. The number of esters is 2. The summed E-state index contributed by atoms with van der Waals surface area (Å²) in [6, 6.07) is 16.4. The number of carbonyl (C=O) groups is 2. The van der Waals surface area contributed by atoms with E-state index in [0.29, 0.717) is 5.56 Å². The summed E-state index contributed by atoms with van der Waals surface area (Å²) < 4.78 is 33.9. The van der Waals surface area contributed by atoms with Crippen molar-refractivity contribution in [1.82, 2.24) is 19.5 Å². The minimum atomic E-state index is -1.87. The van der Waals surface area contributed by atoms with E-state index in [4.69, 9.17) is 31.5 Å². The van der Waals surface area contributed by atoms with Gasteiger partial charge in [-0.05, 0) is 35.9 Å². The molecule has 0 saturated carbocycles. The Balaban J connectivity index is 1.42. The summed E-state index contributed by atoms with van der Waals surface area (Å²) in [4.78, 5) is 37.2. The Hall–Kier alpha value is -4.09. The van der Waals surface area contributed by atoms with Crippen molar-refractivity contribution in [3.63, 3.8) is 0 Å². The fourth-order valence-electron chi connectivity index (χ4n) is 3.87. The van der Waals surface area contributed by atoms with Gasteiger partial charge < -0.3 is 19.9 Å². The summed E-state index contributed by atoms with van der Waals surface area (Å²) in [5.41, 5.74) is 6.73. The Morgan fingerprint density at radius 1 is 1.03 bits per heavy atom. The van der Waals surface area contributed by atoms with E-state index < -0.39 is 36.5 Å². The topological polar surface area (TPSA) is 131 Å². The molecule has 0 radical (unpaired) electrons. The predicted octanol–water partition coefficient (Wildman–Crippen LogP) is 3.38. The summed E-state index contributed by atoms with van der Waals surface area (Å²) in [6.45, 7) is -0.373. The quantitative estimate of drug-likeness (QED) is 0.305. The highest BCUT2D eigenvalue weighted by molar-refractivity contribution is 6.28. The number of imidazole rings is 1. The monoisotopic (exact) mass is 511 g/mol. The van der Waals surface area contributed by atoms with Gasteiger partial charge in [0.2, 0.25) is 5.28 Å². The van der Waals surface area contributed by atoms with Crippen molar-refractivity contribution in [2.75, 3.05) is 12.3 Å². The molecule has 0 amide bonds. The molecule has 1 aliphatic heterocycles. The van der Waals surface area contributed by atoms with Crippen LogP contribution in [0.3, 0.4) is 0 Å². The highest BCUT2D eigenvalue weighted by Crippen LogP contribution is 2.36. The maximum atomic E-state index is 15.8. The predicted molar refractivity (Wildman–Crippen MR) is 126 cm³/mol. The van der Waals surface area contributed by atoms with Crippen molar-refractivity contribution in [3.05, 3.63) is 83.4 Å². The second-order valence-electron chi connectivity index (χ2n) is 7.91. The minimum absolute atomic E-state index is 0.0116. The van der Waals surface area contributed by atoms with Crippen LogP contribution in [0.5, 0.6) is 0 Å². The average Bonchev–Trinajstić information content (AvgIpc) is 3.44. The van der Waals surface area contributed by atoms with Crippen molar-refractivity contribution in [1.29, 1.82) is 0 Å². The van der Waals surface area contributed by atoms with Gasteiger partial charge in [-0.1, -0.05) is 36.4 Å². The second kappa shape index (κ2) is 9.88. The van der Waals surface area contributed by atoms with Crippen LogP contribution >= 0.6 is 11.6 Å². The van der Waals surface area contributed by atoms with Crippen molar-refractivity contribution in [2.45, 2.75) is 24.6 Å². The third-order valence-electron chi connectivity index (χ3n) is 5.60. The molecular weight excluding hydrogens is 493 g/mol. The molecule has 10 nitrogen and oxygen atoms in total. The van der Waals surface area contributed by atoms with Crippen LogP contribution in [0.15, 0.2) is 67.0 Å². The van der Waals surface area contributed by atoms with Crippen molar-refractivity contribution < 1.29 is 28.2 Å². The molecule has 3 heterocycles. The third kappa shape index (κ3) is 4.58. The number of hydrogen-bond donors (Lipinski definition) is 1. The first-order chi connectivity index (χ1) is 17.4. The molecule has 1 saturated heterocycles. The minimum Gasteiger partial charge on any atom is -0.459 e. The van der Waals surface area contributed by atoms with E-state index in [2.05, 4.69) is 15.0 Å². The highest BCUT2D eigenvalue weighted by atomic mass is 35.5. The first kappa shape index (κ1) is 23.6. The Morgan fingerprint density at radius 3 is 2.33 bits per heavy atom. The summed E-state index contributed by atoms with van der Waals surface area (Å²) in [5.74, 6) is -1.37. The standard InChI is InChI=1S/C24H19ClFN5O5/c25-24-29-19(27)17-20(30-24)31(12-28-17)21-16(26)18(36-23(33)14-9-5-2-6-10-14)15(35-21)11-34-22(32)13-7-3-1-4-8-13/h1-10,12,15-16,18,21H,11H2,(H2,27,29,30)/t15?,16-,18?,21?/m1/s1. The van der Waals surface area contributed by atoms with Crippen molar-refractivity contribution in [2.24, 2.45) is 0 Å². The fourth-order valence-corrected chi connectivity index (χ4v) is 4.04. The van der Waals surface area contributed by atoms with Gasteiger partial charge in [-0.2, -0.15) is 9.97 Å². The van der Waals surface area contributed by atoms with Crippen LogP contribution in [0.4, 0.5) is 10.2 Å². The SMILES string of the molecule is Nc1nc(Cl)nc2c1ncn2C1OC(COC(=O)c2ccccc2)C(OC(=O)c2ccccc2)[C@H]1F. The van der Waals surface area contributed by atoms with Gasteiger partial charge in [-0.25, -0.2) is 19.0 Å². The van der Waals surface area contributed by atoms with Gasteiger partial charge >= 0.3 is 11.9 Å². The lowest BCUT2D eigenvalue weighted by molar-refractivity contribution is -0.0570. The number of ether oxygens (including phenoxy) is 3. The zero-order chi connectivity index (χ0) is 25.2. The third-order valence-corrected chi connectivity index (χ3v) is 5.77. The van der Waals surface area contributed by atoms with E-state index in [-0.39, 0.29) is 34.4 Å². The first-order valence-electron chi connectivity index (χ1n) is 10.9. The lowest BCUT2D eigenvalue weighted by atomic mass is 10.1. The second-order valence-corrected chi connectivity index (χ2v) is 8.25. The molecule has 3 unspecified atom stereocenters. The highest BCUT2D eigenvalue weighted by Gasteiger charge is 2.50. The maximum absolute atomic E-state index is 15.8. The van der Waals surface area contributed by atoms with Gasteiger partial charge in [-0.3, -0.25) is 4.57 Å². The van der Waals surface area contributed by atoms with Gasteiger partial charge in [0, 0.05) is 0 Å². The normalized spacial score (nSPS) is 21.4. The van der Waals surface area contributed by atoms with Gasteiger partial charge in [0.05, 0.1) is 17.5 Å². The van der Waals surface area contributed by atoms with Crippen LogP contribution in [0, 0.1) is 0 Å². The lowest BCUT2D eigenvalue weighted by Crippen LogP contribution is -2.37. The molecule has 2 N–H and O–H groups in total. The number of nitrogen functional groups attached to an aromatic ring is 1. The number of rotatable bonds is 6. The Kier molecular flexibility index (Phi) is 6.49. The zero-order valence-electron chi connectivity index (χ0n) is 18.5. The fraction of sp³-hybridized carbons (Fsp3) is 0.208. The van der Waals surface area contributed by atoms with Crippen LogP contribution in [-0.4, -0.2) is 56.4 Å². The number of carbonyl (C=O) groups excluding carboxylic acids is 2. The molecule has 4 atom stereocenters. The number of anilines is 1. The smallest absolute Gasteiger partial charge is 0.338 e. The van der Waals surface area contributed by atoms with E-state index in [1.165, 1.54) is 10.9 Å². The summed E-state index contributed by atoms with van der Waals surface area (Å²) in [7, 11) is 0. The van der Waals surface area contributed by atoms with E-state index >= 15 is 4.39 Å². The summed E-state index contributed by atoms with van der Waals surface area (Å²) in [5, 5.41) is -0.157. The number of fused-ring (bicyclic) bond motifs is 1. The van der Waals surface area contributed by atoms with Gasteiger partial charge in [0.25, 0.3) is 0 Å². The molecule has 0 bridgehead atoms. The molecule has 2 aromatic heterocycles. The molecule has 1 aliphatic rings. The number of halogens is 2. The van der Waals surface area contributed by atoms with Gasteiger partial charge in [-0.15, -0.1) is 0 Å². The number of alkyl halides is 1. The number of benzene rings is 2. The Labute approximate surface area is 208 Å². The van der Waals surface area contributed by atoms with Crippen LogP contribution in [0.2, 0.25) is 5.28 Å². The molecule has 12 heteroatoms. The number of hydrogen-bond acceptors (Lipinski definition) is 9. The molecular formula is C24H19ClFN5O5. The summed E-state index contributed by atoms with van der Waals surface area (Å²) >= 11 is 5.93. The molecule has 2 aromatic carbocycles. The summed E-state index contributed by atoms with van der Waals surface area (Å²) in [6.07, 6.45) is -4.45. The van der Waals surface area contributed by atoms with Crippen molar-refractivity contribution >= 4 is 40.5 Å². The van der Waals surface area contributed by atoms with E-state index in [1.807, 2.05) is 0 Å². The van der Waals surface area contributed by atoms with E-state index in [1.54, 1.807) is 60.7 Å². The van der Waals surface area contributed by atoms with E-state index in [9.17, 15) is 9.59 Å². The average molecular weight is 512 g/mol. The molecule has 36 heavy (non-hydrogen) atoms. The van der Waals surface area contributed by atoms with Gasteiger partial charge in [0.1, 0.15) is 18.2 Å². The Bertz CT molecular complexity index is 1400. The molecule has 184 valence electrons. The van der Waals surface area contributed by atoms with Gasteiger partial charge in [0.15, 0.2) is 30.0 Å². The molecule has 4 aromatic rings. The lowest BCUT2D eigenvalue weighted by Gasteiger charge is -2.19. The van der Waals surface area contributed by atoms with Crippen molar-refractivity contribution in [3.8, 4) is 0 Å². The first-order valence-corrected chi connectivity index (χ1v) is 11.2. The van der Waals surface area contributed by atoms with Crippen LogP contribution in [-0.2, 0) is 14.2 Å². The van der Waals surface area contributed by atoms with Crippen LogP contribution < -0.4 is 5.73 Å². The molecule has 5 rings (SSSR count). The molecule has 1 fully saturated rings. The zero-order valence-corrected chi connectivity index (χ0v) is 19.3. The largest absolute Gasteiger partial charge is 0.459 e.